The molecule has 0 spiro atoms. The standard InChI is InChI=1S/C18H23N3O2/c1-13(9-19)10-21-18(22)16-5-3-4-15(8-16)12-23-17-7-6-14(2)20-11-17/h3-8,11,13H,9-10,12,19H2,1-2H3,(H,21,22). The van der Waals surface area contributed by atoms with Gasteiger partial charge >= 0.3 is 0 Å². The summed E-state index contributed by atoms with van der Waals surface area (Å²) in [6.45, 7) is 5.45. The Bertz CT molecular complexity index is 641. The van der Waals surface area contributed by atoms with Crippen molar-refractivity contribution in [1.82, 2.24) is 10.3 Å². The summed E-state index contributed by atoms with van der Waals surface area (Å²) >= 11 is 0. The molecule has 0 saturated heterocycles. The second-order valence-electron chi connectivity index (χ2n) is 5.68. The lowest BCUT2D eigenvalue weighted by Gasteiger charge is -2.11. The third-order valence-corrected chi connectivity index (χ3v) is 3.49. The van der Waals surface area contributed by atoms with Gasteiger partial charge in [0.1, 0.15) is 12.4 Å². The molecule has 1 aromatic carbocycles. The van der Waals surface area contributed by atoms with Crippen LogP contribution in [0.5, 0.6) is 5.75 Å². The number of amides is 1. The van der Waals surface area contributed by atoms with Crippen LogP contribution in [0.2, 0.25) is 0 Å². The zero-order valence-electron chi connectivity index (χ0n) is 13.6. The number of hydrogen-bond donors (Lipinski definition) is 2. The maximum Gasteiger partial charge on any atom is 0.251 e. The minimum atomic E-state index is -0.0934. The van der Waals surface area contributed by atoms with Crippen LogP contribution < -0.4 is 15.8 Å². The summed E-state index contributed by atoms with van der Waals surface area (Å²) in [7, 11) is 0. The van der Waals surface area contributed by atoms with E-state index in [1.54, 1.807) is 12.3 Å². The van der Waals surface area contributed by atoms with Gasteiger partial charge in [0.25, 0.3) is 5.91 Å². The van der Waals surface area contributed by atoms with Gasteiger partial charge in [-0.05, 0) is 49.2 Å². The van der Waals surface area contributed by atoms with E-state index in [-0.39, 0.29) is 11.8 Å². The monoisotopic (exact) mass is 313 g/mol. The van der Waals surface area contributed by atoms with E-state index in [1.165, 1.54) is 0 Å². The Morgan fingerprint density at radius 2 is 2.17 bits per heavy atom. The molecule has 0 radical (unpaired) electrons. The minimum absolute atomic E-state index is 0.0934. The molecule has 1 aromatic heterocycles. The van der Waals surface area contributed by atoms with Gasteiger partial charge in [-0.3, -0.25) is 9.78 Å². The van der Waals surface area contributed by atoms with Gasteiger partial charge in [0.2, 0.25) is 0 Å². The zero-order valence-corrected chi connectivity index (χ0v) is 13.6. The highest BCUT2D eigenvalue weighted by atomic mass is 16.5. The van der Waals surface area contributed by atoms with Crippen molar-refractivity contribution < 1.29 is 9.53 Å². The molecule has 0 saturated carbocycles. The van der Waals surface area contributed by atoms with E-state index in [4.69, 9.17) is 10.5 Å². The first kappa shape index (κ1) is 17.0. The van der Waals surface area contributed by atoms with Crippen molar-refractivity contribution in [2.45, 2.75) is 20.5 Å². The summed E-state index contributed by atoms with van der Waals surface area (Å²) in [5.74, 6) is 0.880. The van der Waals surface area contributed by atoms with E-state index >= 15 is 0 Å². The Hall–Kier alpha value is -2.40. The largest absolute Gasteiger partial charge is 0.487 e. The Morgan fingerprint density at radius 3 is 2.87 bits per heavy atom. The first-order valence-electron chi connectivity index (χ1n) is 7.71. The number of carbonyl (C=O) groups excluding carboxylic acids is 1. The molecule has 1 amide bonds. The molecule has 5 heteroatoms. The third kappa shape index (κ3) is 5.38. The molecule has 5 nitrogen and oxygen atoms in total. The molecule has 23 heavy (non-hydrogen) atoms. The van der Waals surface area contributed by atoms with Crippen molar-refractivity contribution in [2.24, 2.45) is 11.7 Å². The van der Waals surface area contributed by atoms with Crippen LogP contribution in [0, 0.1) is 12.8 Å². The molecule has 0 fully saturated rings. The summed E-state index contributed by atoms with van der Waals surface area (Å²) in [6, 6.07) is 11.2. The van der Waals surface area contributed by atoms with Crippen molar-refractivity contribution >= 4 is 5.91 Å². The fraction of sp³-hybridized carbons (Fsp3) is 0.333. The molecule has 0 bridgehead atoms. The van der Waals surface area contributed by atoms with Crippen molar-refractivity contribution in [1.29, 1.82) is 0 Å². The van der Waals surface area contributed by atoms with Crippen LogP contribution in [0.3, 0.4) is 0 Å². The van der Waals surface area contributed by atoms with Crippen molar-refractivity contribution in [2.75, 3.05) is 13.1 Å². The van der Waals surface area contributed by atoms with E-state index in [0.29, 0.717) is 31.0 Å². The molecule has 1 atom stereocenters. The van der Waals surface area contributed by atoms with Crippen LogP contribution in [0.1, 0.15) is 28.5 Å². The van der Waals surface area contributed by atoms with Gasteiger partial charge in [0.15, 0.2) is 0 Å². The first-order valence-corrected chi connectivity index (χ1v) is 7.71. The van der Waals surface area contributed by atoms with Crippen LogP contribution in [-0.2, 0) is 6.61 Å². The Kier molecular flexibility index (Phi) is 6.11. The van der Waals surface area contributed by atoms with Gasteiger partial charge in [0, 0.05) is 17.8 Å². The van der Waals surface area contributed by atoms with Crippen molar-refractivity contribution in [3.05, 3.63) is 59.4 Å². The number of aryl methyl sites for hydroxylation is 1. The third-order valence-electron chi connectivity index (χ3n) is 3.49. The molecular formula is C18H23N3O2. The number of benzene rings is 1. The fourth-order valence-corrected chi connectivity index (χ4v) is 1.96. The molecule has 2 rings (SSSR count). The van der Waals surface area contributed by atoms with E-state index in [1.807, 2.05) is 44.2 Å². The highest BCUT2D eigenvalue weighted by Gasteiger charge is 2.08. The molecule has 1 heterocycles. The summed E-state index contributed by atoms with van der Waals surface area (Å²) < 4.78 is 5.69. The highest BCUT2D eigenvalue weighted by molar-refractivity contribution is 5.94. The van der Waals surface area contributed by atoms with E-state index < -0.39 is 0 Å². The lowest BCUT2D eigenvalue weighted by Crippen LogP contribution is -2.31. The number of pyridine rings is 1. The number of nitrogens with two attached hydrogens (primary N) is 1. The molecule has 0 aliphatic carbocycles. The second-order valence-corrected chi connectivity index (χ2v) is 5.68. The SMILES string of the molecule is Cc1ccc(OCc2cccc(C(=O)NCC(C)CN)c2)cn1. The average Bonchev–Trinajstić information content (AvgIpc) is 2.59. The quantitative estimate of drug-likeness (QED) is 0.822. The summed E-state index contributed by atoms with van der Waals surface area (Å²) in [4.78, 5) is 16.3. The number of hydrogen-bond acceptors (Lipinski definition) is 4. The van der Waals surface area contributed by atoms with Crippen LogP contribution >= 0.6 is 0 Å². The normalized spacial score (nSPS) is 11.8. The van der Waals surface area contributed by atoms with Crippen LogP contribution in [0.15, 0.2) is 42.6 Å². The van der Waals surface area contributed by atoms with Gasteiger partial charge in [-0.15, -0.1) is 0 Å². The zero-order chi connectivity index (χ0) is 16.7. The second kappa shape index (κ2) is 8.29. The van der Waals surface area contributed by atoms with Gasteiger partial charge < -0.3 is 15.8 Å². The van der Waals surface area contributed by atoms with Crippen molar-refractivity contribution in [3.63, 3.8) is 0 Å². The molecular weight excluding hydrogens is 290 g/mol. The Labute approximate surface area is 136 Å². The molecule has 1 unspecified atom stereocenters. The number of nitrogens with one attached hydrogen (secondary N) is 1. The van der Waals surface area contributed by atoms with Gasteiger partial charge in [-0.2, -0.15) is 0 Å². The maximum atomic E-state index is 12.1. The Balaban J connectivity index is 1.93. The van der Waals surface area contributed by atoms with Crippen LogP contribution in [0.4, 0.5) is 0 Å². The maximum absolute atomic E-state index is 12.1. The minimum Gasteiger partial charge on any atom is -0.487 e. The summed E-state index contributed by atoms with van der Waals surface area (Å²) in [5.41, 5.74) is 8.06. The topological polar surface area (TPSA) is 77.2 Å². The lowest BCUT2D eigenvalue weighted by atomic mass is 10.1. The predicted octanol–water partition coefficient (Wildman–Crippen LogP) is 2.29. The van der Waals surface area contributed by atoms with Crippen molar-refractivity contribution in [3.8, 4) is 5.75 Å². The Morgan fingerprint density at radius 1 is 1.35 bits per heavy atom. The van der Waals surface area contributed by atoms with E-state index in [0.717, 1.165) is 11.3 Å². The van der Waals surface area contributed by atoms with Gasteiger partial charge in [-0.25, -0.2) is 0 Å². The average molecular weight is 313 g/mol. The summed E-state index contributed by atoms with van der Waals surface area (Å²) in [6.07, 6.45) is 1.69. The molecule has 3 N–H and O–H groups in total. The number of rotatable bonds is 7. The van der Waals surface area contributed by atoms with Gasteiger partial charge in [0.05, 0.1) is 6.20 Å². The smallest absolute Gasteiger partial charge is 0.251 e. The molecule has 122 valence electrons. The molecule has 0 aliphatic heterocycles. The number of carbonyl (C=O) groups is 1. The number of aromatic nitrogens is 1. The fourth-order valence-electron chi connectivity index (χ4n) is 1.96. The van der Waals surface area contributed by atoms with E-state index in [9.17, 15) is 4.79 Å². The van der Waals surface area contributed by atoms with E-state index in [2.05, 4.69) is 10.3 Å². The van der Waals surface area contributed by atoms with Crippen LogP contribution in [0.25, 0.3) is 0 Å². The number of nitrogens with zero attached hydrogens (tertiary/aromatic N) is 1. The van der Waals surface area contributed by atoms with Gasteiger partial charge in [-0.1, -0.05) is 19.1 Å². The predicted molar refractivity (Wildman–Crippen MR) is 90.3 cm³/mol. The lowest BCUT2D eigenvalue weighted by molar-refractivity contribution is 0.0948. The summed E-state index contributed by atoms with van der Waals surface area (Å²) in [5, 5.41) is 2.89. The molecule has 0 aliphatic rings. The molecule has 2 aromatic rings. The number of ether oxygens (including phenoxy) is 1. The first-order chi connectivity index (χ1) is 11.1. The van der Waals surface area contributed by atoms with Crippen LogP contribution in [-0.4, -0.2) is 24.0 Å². The highest BCUT2D eigenvalue weighted by Crippen LogP contribution is 2.13.